The molecule has 2 aromatic rings. The van der Waals surface area contributed by atoms with Gasteiger partial charge in [0.15, 0.2) is 0 Å². The predicted octanol–water partition coefficient (Wildman–Crippen LogP) is 2.69. The number of hydrogen-bond acceptors (Lipinski definition) is 8. The highest BCUT2D eigenvalue weighted by Crippen LogP contribution is 2.31. The number of halogens is 4. The van der Waals surface area contributed by atoms with Crippen LogP contribution >= 0.6 is 11.6 Å². The average Bonchev–Trinajstić information content (AvgIpc) is 3.21. The Morgan fingerprint density at radius 3 is 2.49 bits per heavy atom. The number of anilines is 1. The number of carbonyl (C=O) groups excluding carboxylic acids is 1. The third kappa shape index (κ3) is 6.03. The van der Waals surface area contributed by atoms with Crippen molar-refractivity contribution in [3.8, 4) is 0 Å². The first-order valence-electron chi connectivity index (χ1n) is 11.4. The molecule has 190 valence electrons. The summed E-state index contributed by atoms with van der Waals surface area (Å²) in [6, 6.07) is 7.40. The van der Waals surface area contributed by atoms with Crippen LogP contribution in [0.5, 0.6) is 0 Å². The predicted molar refractivity (Wildman–Crippen MR) is 123 cm³/mol. The maximum Gasteiger partial charge on any atom is 0.451 e. The van der Waals surface area contributed by atoms with E-state index in [9.17, 15) is 23.1 Å². The number of nitrogens with zero attached hydrogens (tertiary/aromatic N) is 5. The van der Waals surface area contributed by atoms with Crippen LogP contribution in [0.25, 0.3) is 0 Å². The summed E-state index contributed by atoms with van der Waals surface area (Å²) >= 11 is 5.95. The van der Waals surface area contributed by atoms with Crippen molar-refractivity contribution in [3.63, 3.8) is 0 Å². The van der Waals surface area contributed by atoms with E-state index in [0.29, 0.717) is 18.1 Å². The van der Waals surface area contributed by atoms with Gasteiger partial charge in [0.2, 0.25) is 5.82 Å². The first-order chi connectivity index (χ1) is 16.7. The number of aliphatic hydroxyl groups is 1. The second-order valence-electron chi connectivity index (χ2n) is 8.63. The first kappa shape index (κ1) is 25.6. The number of aliphatic hydroxyl groups excluding tert-OH is 1. The van der Waals surface area contributed by atoms with Crippen LogP contribution in [-0.2, 0) is 17.5 Å². The summed E-state index contributed by atoms with van der Waals surface area (Å²) in [5.41, 5.74) is 1.01. The number of alkyl halides is 3. The lowest BCUT2D eigenvalue weighted by Crippen LogP contribution is -2.53. The lowest BCUT2D eigenvalue weighted by molar-refractivity contribution is -0.144. The van der Waals surface area contributed by atoms with Crippen LogP contribution in [0.1, 0.15) is 28.7 Å². The van der Waals surface area contributed by atoms with E-state index >= 15 is 0 Å². The Labute approximate surface area is 206 Å². The summed E-state index contributed by atoms with van der Waals surface area (Å²) in [7, 11) is 0. The van der Waals surface area contributed by atoms with Crippen LogP contribution in [0.4, 0.5) is 19.0 Å². The minimum Gasteiger partial charge on any atom is -0.462 e. The molecule has 8 nitrogen and oxygen atoms in total. The van der Waals surface area contributed by atoms with Crippen molar-refractivity contribution in [1.29, 1.82) is 0 Å². The number of ether oxygens (including phenoxy) is 1. The molecule has 2 atom stereocenters. The Hall–Kier alpha value is -2.47. The van der Waals surface area contributed by atoms with Crippen LogP contribution in [-0.4, -0.2) is 88.9 Å². The van der Waals surface area contributed by atoms with Crippen LogP contribution in [0.2, 0.25) is 5.02 Å². The van der Waals surface area contributed by atoms with Gasteiger partial charge in [-0.1, -0.05) is 23.7 Å². The highest BCUT2D eigenvalue weighted by molar-refractivity contribution is 6.30. The van der Waals surface area contributed by atoms with Crippen molar-refractivity contribution in [2.45, 2.75) is 31.8 Å². The molecule has 0 radical (unpaired) electrons. The van der Waals surface area contributed by atoms with Gasteiger partial charge in [0.05, 0.1) is 18.8 Å². The van der Waals surface area contributed by atoms with Gasteiger partial charge in [-0.3, -0.25) is 9.80 Å². The number of rotatable bonds is 6. The fourth-order valence-electron chi connectivity index (χ4n) is 4.51. The van der Waals surface area contributed by atoms with E-state index in [1.807, 2.05) is 24.3 Å². The fourth-order valence-corrected chi connectivity index (χ4v) is 4.63. The summed E-state index contributed by atoms with van der Waals surface area (Å²) in [5.74, 6) is -2.31. The van der Waals surface area contributed by atoms with Gasteiger partial charge in [-0.25, -0.2) is 14.8 Å². The quantitative estimate of drug-likeness (QED) is 0.591. The molecule has 1 aromatic heterocycles. The molecule has 2 fully saturated rings. The normalized spacial score (nSPS) is 21.9. The minimum absolute atomic E-state index is 0.0520. The van der Waals surface area contributed by atoms with Crippen molar-refractivity contribution >= 4 is 23.4 Å². The lowest BCUT2D eigenvalue weighted by Gasteiger charge is -2.38. The Kier molecular flexibility index (Phi) is 7.80. The average molecular weight is 514 g/mol. The zero-order chi connectivity index (χ0) is 25.2. The van der Waals surface area contributed by atoms with Crippen molar-refractivity contribution < 1.29 is 27.8 Å². The molecule has 0 aliphatic carbocycles. The third-order valence-electron chi connectivity index (χ3n) is 6.27. The van der Waals surface area contributed by atoms with Crippen LogP contribution in [0, 0.1) is 0 Å². The van der Waals surface area contributed by atoms with Crippen molar-refractivity contribution in [2.24, 2.45) is 0 Å². The molecule has 1 N–H and O–H groups in total. The lowest BCUT2D eigenvalue weighted by atomic mass is 10.1. The van der Waals surface area contributed by atoms with Crippen LogP contribution in [0.3, 0.4) is 0 Å². The molecule has 0 amide bonds. The second-order valence-corrected chi connectivity index (χ2v) is 9.06. The number of hydrogen-bond donors (Lipinski definition) is 1. The summed E-state index contributed by atoms with van der Waals surface area (Å²) in [4.78, 5) is 25.3. The molecular weight excluding hydrogens is 487 g/mol. The molecule has 2 saturated heterocycles. The van der Waals surface area contributed by atoms with E-state index in [4.69, 9.17) is 16.3 Å². The van der Waals surface area contributed by atoms with Gasteiger partial charge in [-0.05, 0) is 24.6 Å². The van der Waals surface area contributed by atoms with Gasteiger partial charge >= 0.3 is 12.1 Å². The smallest absolute Gasteiger partial charge is 0.451 e. The number of carbonyl (C=O) groups is 1. The van der Waals surface area contributed by atoms with Gasteiger partial charge in [0.25, 0.3) is 0 Å². The molecule has 12 heteroatoms. The van der Waals surface area contributed by atoms with Crippen molar-refractivity contribution in [1.82, 2.24) is 19.8 Å². The maximum atomic E-state index is 13.3. The Morgan fingerprint density at radius 2 is 1.86 bits per heavy atom. The molecule has 3 heterocycles. The fraction of sp³-hybridized carbons (Fsp3) is 0.522. The number of aromatic nitrogens is 2. The van der Waals surface area contributed by atoms with Crippen molar-refractivity contribution in [2.75, 3.05) is 50.8 Å². The van der Waals surface area contributed by atoms with Crippen LogP contribution < -0.4 is 4.90 Å². The molecule has 0 spiro atoms. The number of β-amino-alcohol motifs (C(OH)–C–C–N with tert-alkyl or cyclic N) is 1. The highest BCUT2D eigenvalue weighted by atomic mass is 35.5. The number of esters is 1. The molecule has 35 heavy (non-hydrogen) atoms. The molecule has 0 bridgehead atoms. The topological polar surface area (TPSA) is 82.0 Å². The standard InChI is InChI=1S/C23H27ClF3N5O3/c1-2-35-21(34)17-11-28-22(23(25,26)27)29-20(17)32-13-18(19(33)14-32)31-9-7-30(8-10-31)12-15-3-5-16(24)6-4-15/h3-6,11,18-19,33H,2,7-10,12-14H2,1H3/t18-,19-/m1/s1. The molecule has 2 aliphatic heterocycles. The minimum atomic E-state index is -4.76. The first-order valence-corrected chi connectivity index (χ1v) is 11.8. The van der Waals surface area contributed by atoms with E-state index in [-0.39, 0.29) is 37.1 Å². The van der Waals surface area contributed by atoms with E-state index in [1.165, 1.54) is 4.90 Å². The highest BCUT2D eigenvalue weighted by Gasteiger charge is 2.41. The molecule has 0 unspecified atom stereocenters. The SMILES string of the molecule is CCOC(=O)c1cnc(C(F)(F)F)nc1N1C[C@@H](O)[C@H](N2CCN(Cc3ccc(Cl)cc3)CC2)C1. The van der Waals surface area contributed by atoms with Crippen molar-refractivity contribution in [3.05, 3.63) is 52.4 Å². The Balaban J connectivity index is 1.44. The molecule has 4 rings (SSSR count). The maximum absolute atomic E-state index is 13.3. The Morgan fingerprint density at radius 1 is 1.17 bits per heavy atom. The Bertz CT molecular complexity index is 1030. The summed E-state index contributed by atoms with van der Waals surface area (Å²) in [5, 5.41) is 11.5. The van der Waals surface area contributed by atoms with E-state index in [0.717, 1.165) is 31.4 Å². The molecule has 2 aliphatic rings. The monoisotopic (exact) mass is 513 g/mol. The van der Waals surface area contributed by atoms with E-state index in [2.05, 4.69) is 19.8 Å². The van der Waals surface area contributed by atoms with E-state index in [1.54, 1.807) is 6.92 Å². The van der Waals surface area contributed by atoms with Gasteiger partial charge in [-0.15, -0.1) is 0 Å². The zero-order valence-corrected chi connectivity index (χ0v) is 20.0. The largest absolute Gasteiger partial charge is 0.462 e. The number of piperazine rings is 1. The molecule has 1 aromatic carbocycles. The van der Waals surface area contributed by atoms with Gasteiger partial charge < -0.3 is 14.7 Å². The second kappa shape index (κ2) is 10.7. The van der Waals surface area contributed by atoms with Gasteiger partial charge in [0.1, 0.15) is 11.4 Å². The number of benzene rings is 1. The summed E-state index contributed by atoms with van der Waals surface area (Å²) < 4.78 is 44.8. The third-order valence-corrected chi connectivity index (χ3v) is 6.52. The summed E-state index contributed by atoms with van der Waals surface area (Å²) in [6.07, 6.45) is -4.73. The molecule has 0 saturated carbocycles. The summed E-state index contributed by atoms with van der Waals surface area (Å²) in [6.45, 7) is 5.70. The van der Waals surface area contributed by atoms with E-state index < -0.39 is 24.1 Å². The van der Waals surface area contributed by atoms with Gasteiger partial charge in [-0.2, -0.15) is 13.2 Å². The van der Waals surface area contributed by atoms with Gasteiger partial charge in [0, 0.05) is 57.0 Å². The molecular formula is C23H27ClF3N5O3. The zero-order valence-electron chi connectivity index (χ0n) is 19.2. The van der Waals surface area contributed by atoms with Crippen LogP contribution in [0.15, 0.2) is 30.5 Å².